The summed E-state index contributed by atoms with van der Waals surface area (Å²) in [6.07, 6.45) is 6.91. The van der Waals surface area contributed by atoms with E-state index in [2.05, 4.69) is 17.1 Å². The van der Waals surface area contributed by atoms with E-state index in [0.29, 0.717) is 23.5 Å². The minimum atomic E-state index is 0.0787. The zero-order valence-electron chi connectivity index (χ0n) is 17.2. The van der Waals surface area contributed by atoms with E-state index in [0.717, 1.165) is 45.3 Å². The molecule has 2 aliphatic carbocycles. The number of fused-ring (bicyclic) bond motifs is 2. The molecule has 0 aromatic rings. The summed E-state index contributed by atoms with van der Waals surface area (Å²) in [5.41, 5.74) is 0.338. The molecule has 6 heteroatoms. The number of hydrogen-bond donors (Lipinski definition) is 1. The third-order valence-corrected chi connectivity index (χ3v) is 7.26. The van der Waals surface area contributed by atoms with Crippen molar-refractivity contribution in [3.63, 3.8) is 0 Å². The summed E-state index contributed by atoms with van der Waals surface area (Å²) < 4.78 is 6.13. The molecule has 4 aliphatic rings. The van der Waals surface area contributed by atoms with Crippen molar-refractivity contribution in [3.05, 3.63) is 0 Å². The number of rotatable bonds is 3. The minimum Gasteiger partial charge on any atom is -0.377 e. The number of aliphatic imine (C=N–C) groups is 1. The van der Waals surface area contributed by atoms with Gasteiger partial charge in [0.25, 0.3) is 0 Å². The van der Waals surface area contributed by atoms with Crippen LogP contribution in [-0.4, -0.2) is 73.1 Å². The van der Waals surface area contributed by atoms with Gasteiger partial charge >= 0.3 is 0 Å². The molecule has 1 amide bonds. The third kappa shape index (κ3) is 3.24. The molecular weight excluding hydrogens is 340 g/mol. The summed E-state index contributed by atoms with van der Waals surface area (Å²) in [5.74, 6) is 2.05. The molecule has 2 heterocycles. The number of carbonyl (C=O) groups is 1. The van der Waals surface area contributed by atoms with Gasteiger partial charge < -0.3 is 19.9 Å². The third-order valence-electron chi connectivity index (χ3n) is 7.26. The number of nitrogens with one attached hydrogen (secondary N) is 1. The van der Waals surface area contributed by atoms with E-state index in [1.807, 2.05) is 18.7 Å². The highest BCUT2D eigenvalue weighted by Crippen LogP contribution is 2.60. The maximum Gasteiger partial charge on any atom is 0.225 e. The Morgan fingerprint density at radius 2 is 1.85 bits per heavy atom. The molecular formula is C21H36N4O2. The van der Waals surface area contributed by atoms with Crippen LogP contribution in [0.2, 0.25) is 0 Å². The van der Waals surface area contributed by atoms with Crippen LogP contribution in [0.3, 0.4) is 0 Å². The maximum absolute atomic E-state index is 12.3. The van der Waals surface area contributed by atoms with Crippen LogP contribution in [0.1, 0.15) is 52.9 Å². The van der Waals surface area contributed by atoms with E-state index in [9.17, 15) is 4.79 Å². The van der Waals surface area contributed by atoms with Crippen LogP contribution in [0.15, 0.2) is 4.99 Å². The number of hydrogen-bond acceptors (Lipinski definition) is 3. The van der Waals surface area contributed by atoms with Crippen molar-refractivity contribution >= 4 is 11.9 Å². The minimum absolute atomic E-state index is 0.0787. The van der Waals surface area contributed by atoms with Crippen molar-refractivity contribution in [2.24, 2.45) is 22.2 Å². The fraction of sp³-hybridized carbons (Fsp3) is 0.905. The molecule has 1 N–H and O–H groups in total. The van der Waals surface area contributed by atoms with Crippen molar-refractivity contribution < 1.29 is 9.53 Å². The van der Waals surface area contributed by atoms with E-state index in [4.69, 9.17) is 9.73 Å². The van der Waals surface area contributed by atoms with Crippen LogP contribution in [0.4, 0.5) is 0 Å². The second-order valence-electron chi connectivity index (χ2n) is 9.07. The quantitative estimate of drug-likeness (QED) is 0.605. The maximum atomic E-state index is 12.3. The molecule has 152 valence electrons. The summed E-state index contributed by atoms with van der Waals surface area (Å²) in [5, 5.41) is 3.89. The highest BCUT2D eigenvalue weighted by Gasteiger charge is 2.65. The van der Waals surface area contributed by atoms with Crippen molar-refractivity contribution in [1.82, 2.24) is 15.1 Å². The van der Waals surface area contributed by atoms with E-state index in [1.165, 1.54) is 32.1 Å². The van der Waals surface area contributed by atoms with Crippen LogP contribution in [0, 0.1) is 17.3 Å². The number of nitrogens with zero attached hydrogens (tertiary/aromatic N) is 3. The average molecular weight is 377 g/mol. The van der Waals surface area contributed by atoms with Crippen LogP contribution in [0.5, 0.6) is 0 Å². The molecule has 0 aromatic carbocycles. The summed E-state index contributed by atoms with van der Waals surface area (Å²) in [6, 6.07) is 0.508. The highest BCUT2D eigenvalue weighted by atomic mass is 16.5. The van der Waals surface area contributed by atoms with Gasteiger partial charge in [-0.05, 0) is 26.2 Å². The largest absolute Gasteiger partial charge is 0.377 e. The van der Waals surface area contributed by atoms with Gasteiger partial charge in [0.2, 0.25) is 5.91 Å². The average Bonchev–Trinajstić information content (AvgIpc) is 3.33. The Labute approximate surface area is 163 Å². The van der Waals surface area contributed by atoms with Crippen molar-refractivity contribution in [2.75, 3.05) is 39.3 Å². The first-order valence-corrected chi connectivity index (χ1v) is 11.0. The van der Waals surface area contributed by atoms with Crippen molar-refractivity contribution in [3.8, 4) is 0 Å². The molecule has 0 bridgehead atoms. The fourth-order valence-corrected chi connectivity index (χ4v) is 5.93. The first-order valence-electron chi connectivity index (χ1n) is 11.0. The first kappa shape index (κ1) is 19.0. The van der Waals surface area contributed by atoms with E-state index < -0.39 is 0 Å². The van der Waals surface area contributed by atoms with Crippen LogP contribution >= 0.6 is 0 Å². The molecule has 2 aliphatic heterocycles. The highest BCUT2D eigenvalue weighted by molar-refractivity contribution is 5.82. The van der Waals surface area contributed by atoms with E-state index in [1.54, 1.807) is 0 Å². The lowest BCUT2D eigenvalue weighted by Gasteiger charge is -2.57. The van der Waals surface area contributed by atoms with Gasteiger partial charge in [-0.1, -0.05) is 26.7 Å². The van der Waals surface area contributed by atoms with Gasteiger partial charge in [-0.3, -0.25) is 9.79 Å². The monoisotopic (exact) mass is 376 g/mol. The van der Waals surface area contributed by atoms with Gasteiger partial charge in [0.05, 0.1) is 6.10 Å². The van der Waals surface area contributed by atoms with Gasteiger partial charge in [-0.25, -0.2) is 0 Å². The van der Waals surface area contributed by atoms with Crippen molar-refractivity contribution in [1.29, 1.82) is 0 Å². The molecule has 27 heavy (non-hydrogen) atoms. The van der Waals surface area contributed by atoms with Crippen molar-refractivity contribution in [2.45, 2.75) is 65.0 Å². The molecule has 0 aromatic heterocycles. The Hall–Kier alpha value is -1.30. The number of amides is 1. The summed E-state index contributed by atoms with van der Waals surface area (Å²) in [7, 11) is 0. The van der Waals surface area contributed by atoms with E-state index >= 15 is 0 Å². The number of ether oxygens (including phenoxy) is 1. The van der Waals surface area contributed by atoms with E-state index in [-0.39, 0.29) is 11.8 Å². The predicted molar refractivity (Wildman–Crippen MR) is 107 cm³/mol. The molecule has 2 saturated carbocycles. The molecule has 6 nitrogen and oxygen atoms in total. The topological polar surface area (TPSA) is 57.2 Å². The molecule has 4 fully saturated rings. The molecule has 3 unspecified atom stereocenters. The van der Waals surface area contributed by atoms with Gasteiger partial charge in [0, 0.05) is 62.6 Å². The summed E-state index contributed by atoms with van der Waals surface area (Å²) in [4.78, 5) is 21.5. The zero-order valence-corrected chi connectivity index (χ0v) is 17.2. The normalized spacial score (nSPS) is 32.7. The zero-order chi connectivity index (χ0) is 19.0. The standard InChI is InChI=1S/C21H36N4O2/c1-4-22-20(25-12-10-24(11-13-25)19(26)15(2)3)23-17-16-7-14-27-18(16)21(17)8-5-6-9-21/h15-18H,4-14H2,1-3H3,(H,22,23). The molecule has 0 radical (unpaired) electrons. The number of guanidine groups is 1. The number of carbonyl (C=O) groups excluding carboxylic acids is 1. The van der Waals surface area contributed by atoms with Crippen LogP contribution < -0.4 is 5.32 Å². The fourth-order valence-electron chi connectivity index (χ4n) is 5.93. The Bertz CT molecular complexity index is 577. The van der Waals surface area contributed by atoms with Crippen LogP contribution in [0.25, 0.3) is 0 Å². The summed E-state index contributed by atoms with van der Waals surface area (Å²) in [6.45, 7) is 11.1. The lowest BCUT2D eigenvalue weighted by molar-refractivity contribution is -0.135. The predicted octanol–water partition coefficient (Wildman–Crippen LogP) is 2.10. The Morgan fingerprint density at radius 1 is 1.19 bits per heavy atom. The molecule has 4 rings (SSSR count). The Morgan fingerprint density at radius 3 is 2.48 bits per heavy atom. The SMILES string of the molecule is CCN=C(NC1C2CCOC2C12CCCC2)N1CCN(C(=O)C(C)C)CC1. The number of piperazine rings is 1. The van der Waals surface area contributed by atoms with Crippen LogP contribution in [-0.2, 0) is 9.53 Å². The molecule has 2 saturated heterocycles. The molecule has 3 atom stereocenters. The smallest absolute Gasteiger partial charge is 0.225 e. The van der Waals surface area contributed by atoms with Gasteiger partial charge in [-0.15, -0.1) is 0 Å². The summed E-state index contributed by atoms with van der Waals surface area (Å²) >= 11 is 0. The second kappa shape index (κ2) is 7.61. The lowest BCUT2D eigenvalue weighted by atomic mass is 9.54. The molecule has 1 spiro atoms. The van der Waals surface area contributed by atoms with Gasteiger partial charge in [-0.2, -0.15) is 0 Å². The Kier molecular flexibility index (Phi) is 5.36. The Balaban J connectivity index is 1.42. The van der Waals surface area contributed by atoms with Gasteiger partial charge in [0.15, 0.2) is 5.96 Å². The lowest BCUT2D eigenvalue weighted by Crippen LogP contribution is -2.70. The first-order chi connectivity index (χ1) is 13.1. The van der Waals surface area contributed by atoms with Gasteiger partial charge in [0.1, 0.15) is 0 Å². The second-order valence-corrected chi connectivity index (χ2v) is 9.07.